The van der Waals surface area contributed by atoms with Crippen LogP contribution in [-0.4, -0.2) is 17.4 Å². The minimum Gasteiger partial charge on any atom is -0.384 e. The van der Waals surface area contributed by atoms with Crippen LogP contribution in [0, 0.1) is 6.92 Å². The lowest BCUT2D eigenvalue weighted by molar-refractivity contribution is 0.102. The van der Waals surface area contributed by atoms with E-state index < -0.39 is 0 Å². The summed E-state index contributed by atoms with van der Waals surface area (Å²) in [5, 5.41) is 6.27. The Morgan fingerprint density at radius 1 is 1.22 bits per heavy atom. The molecule has 0 saturated carbocycles. The fourth-order valence-electron chi connectivity index (χ4n) is 2.42. The second kappa shape index (κ2) is 7.77. The lowest BCUT2D eigenvalue weighted by Crippen LogP contribution is -2.16. The van der Waals surface area contributed by atoms with Gasteiger partial charge in [-0.15, -0.1) is 0 Å². The van der Waals surface area contributed by atoms with Crippen LogP contribution in [0.3, 0.4) is 0 Å². The zero-order valence-electron chi connectivity index (χ0n) is 14.3. The molecule has 2 rings (SSSR count). The number of anilines is 2. The summed E-state index contributed by atoms with van der Waals surface area (Å²) in [5.41, 5.74) is 4.44. The smallest absolute Gasteiger partial charge is 0.274 e. The Hall–Kier alpha value is -2.36. The molecule has 23 heavy (non-hydrogen) atoms. The van der Waals surface area contributed by atoms with Gasteiger partial charge in [-0.1, -0.05) is 39.0 Å². The molecular weight excluding hydrogens is 286 g/mol. The van der Waals surface area contributed by atoms with Crippen LogP contribution in [-0.2, 0) is 0 Å². The Morgan fingerprint density at radius 3 is 2.61 bits per heavy atom. The fourth-order valence-corrected chi connectivity index (χ4v) is 2.42. The highest BCUT2D eigenvalue weighted by molar-refractivity contribution is 6.03. The molecule has 4 nitrogen and oxygen atoms in total. The average Bonchev–Trinajstić information content (AvgIpc) is 2.55. The molecule has 0 aliphatic rings. The maximum atomic E-state index is 12.5. The first-order valence-corrected chi connectivity index (χ1v) is 8.13. The van der Waals surface area contributed by atoms with Crippen LogP contribution in [0.4, 0.5) is 11.4 Å². The van der Waals surface area contributed by atoms with Crippen molar-refractivity contribution in [3.63, 3.8) is 0 Å². The van der Waals surface area contributed by atoms with Crippen LogP contribution in [0.2, 0.25) is 0 Å². The summed E-state index contributed by atoms with van der Waals surface area (Å²) in [7, 11) is 0. The number of amides is 1. The van der Waals surface area contributed by atoms with E-state index in [4.69, 9.17) is 0 Å². The second-order valence-electron chi connectivity index (χ2n) is 6.01. The minimum atomic E-state index is -0.178. The topological polar surface area (TPSA) is 54.0 Å². The van der Waals surface area contributed by atoms with E-state index >= 15 is 0 Å². The standard InChI is InChI=1S/C19H25N3O/c1-5-11-20-15-9-10-17(21-12-15)19(23)22-18-14(4)7-6-8-16(18)13(2)3/h6-10,12-13,20H,5,11H2,1-4H3,(H,22,23). The van der Waals surface area contributed by atoms with Gasteiger partial charge >= 0.3 is 0 Å². The van der Waals surface area contributed by atoms with E-state index in [2.05, 4.69) is 42.5 Å². The van der Waals surface area contributed by atoms with Gasteiger partial charge in [-0.3, -0.25) is 4.79 Å². The molecule has 0 bridgehead atoms. The van der Waals surface area contributed by atoms with Crippen molar-refractivity contribution in [1.82, 2.24) is 4.98 Å². The third-order valence-corrected chi connectivity index (χ3v) is 3.74. The van der Waals surface area contributed by atoms with Crippen molar-refractivity contribution in [2.24, 2.45) is 0 Å². The van der Waals surface area contributed by atoms with Gasteiger partial charge in [-0.2, -0.15) is 0 Å². The first-order valence-electron chi connectivity index (χ1n) is 8.13. The molecule has 1 heterocycles. The molecule has 122 valence electrons. The zero-order valence-corrected chi connectivity index (χ0v) is 14.3. The van der Waals surface area contributed by atoms with Crippen LogP contribution < -0.4 is 10.6 Å². The summed E-state index contributed by atoms with van der Waals surface area (Å²) in [5.74, 6) is 0.169. The Morgan fingerprint density at radius 2 is 2.00 bits per heavy atom. The van der Waals surface area contributed by atoms with E-state index in [9.17, 15) is 4.79 Å². The molecule has 0 spiro atoms. The van der Waals surface area contributed by atoms with Crippen molar-refractivity contribution in [1.29, 1.82) is 0 Å². The normalized spacial score (nSPS) is 10.7. The van der Waals surface area contributed by atoms with Crippen molar-refractivity contribution >= 4 is 17.3 Å². The van der Waals surface area contributed by atoms with Crippen molar-refractivity contribution in [3.8, 4) is 0 Å². The number of aromatic nitrogens is 1. The number of nitrogens with one attached hydrogen (secondary N) is 2. The highest BCUT2D eigenvalue weighted by Gasteiger charge is 2.14. The first-order chi connectivity index (χ1) is 11.0. The van der Waals surface area contributed by atoms with E-state index in [0.717, 1.165) is 35.5 Å². The molecule has 0 aliphatic carbocycles. The highest BCUT2D eigenvalue weighted by atomic mass is 16.1. The SMILES string of the molecule is CCCNc1ccc(C(=O)Nc2c(C)cccc2C(C)C)nc1. The van der Waals surface area contributed by atoms with Crippen molar-refractivity contribution in [2.75, 3.05) is 17.2 Å². The van der Waals surface area contributed by atoms with E-state index in [-0.39, 0.29) is 5.91 Å². The molecule has 0 aliphatic heterocycles. The largest absolute Gasteiger partial charge is 0.384 e. The van der Waals surface area contributed by atoms with Crippen molar-refractivity contribution in [2.45, 2.75) is 40.0 Å². The average molecular weight is 311 g/mol. The Balaban J connectivity index is 2.16. The van der Waals surface area contributed by atoms with E-state index in [1.807, 2.05) is 25.1 Å². The zero-order chi connectivity index (χ0) is 16.8. The number of para-hydroxylation sites is 1. The molecule has 0 fully saturated rings. The lowest BCUT2D eigenvalue weighted by Gasteiger charge is -2.16. The van der Waals surface area contributed by atoms with Crippen LogP contribution >= 0.6 is 0 Å². The molecule has 2 N–H and O–H groups in total. The maximum absolute atomic E-state index is 12.5. The monoisotopic (exact) mass is 311 g/mol. The molecule has 0 atom stereocenters. The molecule has 0 unspecified atom stereocenters. The van der Waals surface area contributed by atoms with Gasteiger partial charge in [-0.05, 0) is 42.5 Å². The van der Waals surface area contributed by atoms with Crippen LogP contribution in [0.5, 0.6) is 0 Å². The number of carbonyl (C=O) groups is 1. The van der Waals surface area contributed by atoms with Gasteiger partial charge in [0.25, 0.3) is 5.91 Å². The molecule has 1 aromatic heterocycles. The summed E-state index contributed by atoms with van der Waals surface area (Å²) in [6.07, 6.45) is 2.75. The lowest BCUT2D eigenvalue weighted by atomic mass is 9.98. The molecule has 1 aromatic carbocycles. The summed E-state index contributed by atoms with van der Waals surface area (Å²) >= 11 is 0. The van der Waals surface area contributed by atoms with E-state index in [1.54, 1.807) is 12.3 Å². The van der Waals surface area contributed by atoms with Crippen LogP contribution in [0.1, 0.15) is 54.7 Å². The number of nitrogens with zero attached hydrogens (tertiary/aromatic N) is 1. The second-order valence-corrected chi connectivity index (χ2v) is 6.01. The van der Waals surface area contributed by atoms with Crippen molar-refractivity contribution < 1.29 is 4.79 Å². The molecule has 0 saturated heterocycles. The van der Waals surface area contributed by atoms with Gasteiger partial charge in [-0.25, -0.2) is 4.98 Å². The Labute approximate surface area is 138 Å². The quantitative estimate of drug-likeness (QED) is 0.820. The predicted molar refractivity (Wildman–Crippen MR) is 96.2 cm³/mol. The highest BCUT2D eigenvalue weighted by Crippen LogP contribution is 2.27. The Bertz CT molecular complexity index is 663. The van der Waals surface area contributed by atoms with Crippen LogP contribution in [0.15, 0.2) is 36.5 Å². The van der Waals surface area contributed by atoms with Gasteiger partial charge in [0.05, 0.1) is 11.9 Å². The summed E-state index contributed by atoms with van der Waals surface area (Å²) in [4.78, 5) is 16.7. The summed E-state index contributed by atoms with van der Waals surface area (Å²) in [6, 6.07) is 9.72. The van der Waals surface area contributed by atoms with Crippen molar-refractivity contribution in [3.05, 3.63) is 53.3 Å². The maximum Gasteiger partial charge on any atom is 0.274 e. The molecule has 0 radical (unpaired) electrons. The fraction of sp³-hybridized carbons (Fsp3) is 0.368. The van der Waals surface area contributed by atoms with Gasteiger partial charge in [0, 0.05) is 12.2 Å². The number of benzene rings is 1. The molecule has 1 amide bonds. The number of hydrogen-bond acceptors (Lipinski definition) is 3. The third-order valence-electron chi connectivity index (χ3n) is 3.74. The van der Waals surface area contributed by atoms with E-state index in [1.165, 1.54) is 0 Å². The number of aryl methyl sites for hydroxylation is 1. The molecule has 4 heteroatoms. The summed E-state index contributed by atoms with van der Waals surface area (Å²) < 4.78 is 0. The van der Waals surface area contributed by atoms with E-state index in [0.29, 0.717) is 11.6 Å². The molecule has 2 aromatic rings. The van der Waals surface area contributed by atoms with Gasteiger partial charge in [0.15, 0.2) is 0 Å². The number of hydrogen-bond donors (Lipinski definition) is 2. The van der Waals surface area contributed by atoms with Gasteiger partial charge in [0.1, 0.15) is 5.69 Å². The van der Waals surface area contributed by atoms with Crippen LogP contribution in [0.25, 0.3) is 0 Å². The third kappa shape index (κ3) is 4.31. The summed E-state index contributed by atoms with van der Waals surface area (Å²) in [6.45, 7) is 9.26. The minimum absolute atomic E-state index is 0.178. The number of carbonyl (C=O) groups excluding carboxylic acids is 1. The molecular formula is C19H25N3O. The number of rotatable bonds is 6. The number of pyridine rings is 1. The Kier molecular flexibility index (Phi) is 5.74. The van der Waals surface area contributed by atoms with Gasteiger partial charge < -0.3 is 10.6 Å². The van der Waals surface area contributed by atoms with Gasteiger partial charge in [0.2, 0.25) is 0 Å². The first kappa shape index (κ1) is 17.0. The predicted octanol–water partition coefficient (Wildman–Crippen LogP) is 4.59.